The molecule has 0 spiro atoms. The van der Waals surface area contributed by atoms with Crippen molar-refractivity contribution < 1.29 is 27.5 Å². The molecule has 11 heteroatoms. The molecule has 0 bridgehead atoms. The van der Waals surface area contributed by atoms with Gasteiger partial charge in [0.1, 0.15) is 0 Å². The number of nitrogens with zero attached hydrogens (tertiary/aromatic N) is 3. The highest BCUT2D eigenvalue weighted by molar-refractivity contribution is 7.13. The van der Waals surface area contributed by atoms with Gasteiger partial charge in [0, 0.05) is 43.8 Å². The van der Waals surface area contributed by atoms with Crippen LogP contribution in [0, 0.1) is 0 Å². The standard InChI is InChI=1S/C20H21F3N4O3S/c1-2-6-24-19-25-16(13-31-19)18(29)30-12-17(28)27-9-7-26(8-10-27)15-5-3-4-14(11-15)20(21,22)23/h2-5,11,13H,1,6-10,12H2,(H,24,25). The Balaban J connectivity index is 1.47. The summed E-state index contributed by atoms with van der Waals surface area (Å²) < 4.78 is 43.8. The second-order valence-electron chi connectivity index (χ2n) is 6.70. The van der Waals surface area contributed by atoms with Crippen molar-refractivity contribution in [1.82, 2.24) is 9.88 Å². The molecule has 0 atom stereocenters. The number of amides is 1. The molecule has 1 fully saturated rings. The molecule has 0 saturated carbocycles. The number of anilines is 2. The number of rotatable bonds is 7. The summed E-state index contributed by atoms with van der Waals surface area (Å²) in [5.74, 6) is -1.06. The van der Waals surface area contributed by atoms with Gasteiger partial charge in [0.2, 0.25) is 0 Å². The molecule has 7 nitrogen and oxygen atoms in total. The number of esters is 1. The number of ether oxygens (including phenoxy) is 1. The zero-order chi connectivity index (χ0) is 22.4. The van der Waals surface area contributed by atoms with Crippen LogP contribution in [0.1, 0.15) is 16.1 Å². The van der Waals surface area contributed by atoms with Crippen molar-refractivity contribution in [3.05, 3.63) is 53.6 Å². The molecule has 2 heterocycles. The monoisotopic (exact) mass is 454 g/mol. The molecule has 1 amide bonds. The number of alkyl halides is 3. The molecule has 3 rings (SSSR count). The molecular weight excluding hydrogens is 433 g/mol. The van der Waals surface area contributed by atoms with Crippen molar-refractivity contribution >= 4 is 34.0 Å². The van der Waals surface area contributed by atoms with Crippen molar-refractivity contribution in [3.63, 3.8) is 0 Å². The number of thiazole rings is 1. The van der Waals surface area contributed by atoms with E-state index >= 15 is 0 Å². The first-order chi connectivity index (χ1) is 14.8. The van der Waals surface area contributed by atoms with Crippen LogP contribution in [0.3, 0.4) is 0 Å². The normalized spacial score (nSPS) is 14.3. The van der Waals surface area contributed by atoms with Crippen molar-refractivity contribution in [2.24, 2.45) is 0 Å². The van der Waals surface area contributed by atoms with E-state index in [1.807, 2.05) is 0 Å². The van der Waals surface area contributed by atoms with Crippen molar-refractivity contribution in [2.45, 2.75) is 6.18 Å². The molecule has 1 aromatic carbocycles. The molecular formula is C20H21F3N4O3S. The smallest absolute Gasteiger partial charge is 0.416 e. The van der Waals surface area contributed by atoms with Crippen LogP contribution in [0.5, 0.6) is 0 Å². The third-order valence-electron chi connectivity index (χ3n) is 4.61. The molecule has 0 aliphatic carbocycles. The Kier molecular flexibility index (Phi) is 7.16. The Morgan fingerprint density at radius 2 is 2.00 bits per heavy atom. The summed E-state index contributed by atoms with van der Waals surface area (Å²) in [6.07, 6.45) is -2.75. The first kappa shape index (κ1) is 22.6. The summed E-state index contributed by atoms with van der Waals surface area (Å²) in [4.78, 5) is 31.8. The minimum Gasteiger partial charge on any atom is -0.451 e. The maximum Gasteiger partial charge on any atom is 0.416 e. The average molecular weight is 454 g/mol. The highest BCUT2D eigenvalue weighted by Gasteiger charge is 2.31. The van der Waals surface area contributed by atoms with Crippen molar-refractivity contribution in [2.75, 3.05) is 49.5 Å². The number of benzene rings is 1. The Hall–Kier alpha value is -3.08. The van der Waals surface area contributed by atoms with E-state index < -0.39 is 24.3 Å². The van der Waals surface area contributed by atoms with Crippen LogP contribution < -0.4 is 10.2 Å². The average Bonchev–Trinajstić information content (AvgIpc) is 3.24. The number of carbonyl (C=O) groups excluding carboxylic acids is 2. The Morgan fingerprint density at radius 3 is 2.68 bits per heavy atom. The topological polar surface area (TPSA) is 74.8 Å². The van der Waals surface area contributed by atoms with Crippen LogP contribution in [-0.4, -0.2) is 61.1 Å². The molecule has 1 N–H and O–H groups in total. The predicted octanol–water partition coefficient (Wildman–Crippen LogP) is 3.27. The fourth-order valence-corrected chi connectivity index (χ4v) is 3.68. The lowest BCUT2D eigenvalue weighted by Crippen LogP contribution is -2.50. The number of aromatic nitrogens is 1. The summed E-state index contributed by atoms with van der Waals surface area (Å²) in [6.45, 7) is 5.06. The summed E-state index contributed by atoms with van der Waals surface area (Å²) in [6, 6.07) is 5.11. The zero-order valence-electron chi connectivity index (χ0n) is 16.5. The first-order valence-corrected chi connectivity index (χ1v) is 10.3. The number of carbonyl (C=O) groups is 2. The SMILES string of the molecule is C=CCNc1nc(C(=O)OCC(=O)N2CCN(c3cccc(C(F)(F)F)c3)CC2)cs1. The highest BCUT2D eigenvalue weighted by Crippen LogP contribution is 2.31. The number of hydrogen-bond donors (Lipinski definition) is 1. The minimum absolute atomic E-state index is 0.110. The third kappa shape index (κ3) is 5.97. The fourth-order valence-electron chi connectivity index (χ4n) is 2.99. The molecule has 1 aliphatic rings. The number of halogens is 3. The molecule has 0 radical (unpaired) electrons. The van der Waals surface area contributed by atoms with Gasteiger partial charge >= 0.3 is 12.1 Å². The van der Waals surface area contributed by atoms with Crippen LogP contribution >= 0.6 is 11.3 Å². The molecule has 1 aromatic heterocycles. The maximum atomic E-state index is 12.9. The van der Waals surface area contributed by atoms with Crippen LogP contribution in [0.2, 0.25) is 0 Å². The molecule has 0 unspecified atom stereocenters. The predicted molar refractivity (Wildman–Crippen MR) is 111 cm³/mol. The van der Waals surface area contributed by atoms with Crippen molar-refractivity contribution in [3.8, 4) is 0 Å². The van der Waals surface area contributed by atoms with Gasteiger partial charge in [-0.2, -0.15) is 13.2 Å². The van der Waals surface area contributed by atoms with Crippen LogP contribution in [0.15, 0.2) is 42.3 Å². The summed E-state index contributed by atoms with van der Waals surface area (Å²) in [7, 11) is 0. The fraction of sp³-hybridized carbons (Fsp3) is 0.350. The van der Waals surface area contributed by atoms with E-state index in [4.69, 9.17) is 4.74 Å². The van der Waals surface area contributed by atoms with Gasteiger partial charge in [-0.3, -0.25) is 4.79 Å². The largest absolute Gasteiger partial charge is 0.451 e. The van der Waals surface area contributed by atoms with Gasteiger partial charge in [-0.25, -0.2) is 9.78 Å². The maximum absolute atomic E-state index is 12.9. The molecule has 1 aliphatic heterocycles. The molecule has 2 aromatic rings. The number of piperazine rings is 1. The lowest BCUT2D eigenvalue weighted by molar-refractivity contribution is -0.137. The van der Waals surface area contributed by atoms with E-state index in [0.717, 1.165) is 12.1 Å². The second-order valence-corrected chi connectivity index (χ2v) is 7.56. The van der Waals surface area contributed by atoms with Gasteiger partial charge in [0.25, 0.3) is 5.91 Å². The highest BCUT2D eigenvalue weighted by atomic mass is 32.1. The van der Waals surface area contributed by atoms with Crippen LogP contribution in [0.4, 0.5) is 24.0 Å². The van der Waals surface area contributed by atoms with E-state index in [1.54, 1.807) is 17.0 Å². The van der Waals surface area contributed by atoms with Crippen LogP contribution in [-0.2, 0) is 15.7 Å². The Bertz CT molecular complexity index is 940. The zero-order valence-corrected chi connectivity index (χ0v) is 17.3. The Labute approximate surface area is 181 Å². The lowest BCUT2D eigenvalue weighted by Gasteiger charge is -2.36. The van der Waals surface area contributed by atoms with E-state index in [0.29, 0.717) is 43.5 Å². The second kappa shape index (κ2) is 9.82. The van der Waals surface area contributed by atoms with Crippen molar-refractivity contribution in [1.29, 1.82) is 0 Å². The van der Waals surface area contributed by atoms with E-state index in [9.17, 15) is 22.8 Å². The van der Waals surface area contributed by atoms with Gasteiger partial charge < -0.3 is 19.9 Å². The minimum atomic E-state index is -4.41. The van der Waals surface area contributed by atoms with E-state index in [2.05, 4.69) is 16.9 Å². The molecule has 31 heavy (non-hydrogen) atoms. The first-order valence-electron chi connectivity index (χ1n) is 9.45. The van der Waals surface area contributed by atoms with Gasteiger partial charge in [-0.05, 0) is 18.2 Å². The number of hydrogen-bond acceptors (Lipinski definition) is 7. The third-order valence-corrected chi connectivity index (χ3v) is 5.41. The molecule has 1 saturated heterocycles. The van der Waals surface area contributed by atoms with E-state index in [-0.39, 0.29) is 11.6 Å². The quantitative estimate of drug-likeness (QED) is 0.511. The number of nitrogens with one attached hydrogen (secondary N) is 1. The van der Waals surface area contributed by atoms with Crippen LogP contribution in [0.25, 0.3) is 0 Å². The lowest BCUT2D eigenvalue weighted by atomic mass is 10.1. The van der Waals surface area contributed by atoms with Gasteiger partial charge in [-0.1, -0.05) is 12.1 Å². The van der Waals surface area contributed by atoms with Gasteiger partial charge in [-0.15, -0.1) is 17.9 Å². The molecule has 166 valence electrons. The summed E-state index contributed by atoms with van der Waals surface area (Å²) >= 11 is 1.24. The Morgan fingerprint density at radius 1 is 1.26 bits per heavy atom. The van der Waals surface area contributed by atoms with Gasteiger partial charge in [0.15, 0.2) is 17.4 Å². The van der Waals surface area contributed by atoms with E-state index in [1.165, 1.54) is 27.7 Å². The van der Waals surface area contributed by atoms with Gasteiger partial charge in [0.05, 0.1) is 5.56 Å². The summed E-state index contributed by atoms with van der Waals surface area (Å²) in [5, 5.41) is 5.03. The summed E-state index contributed by atoms with van der Waals surface area (Å²) in [5.41, 5.74) is -0.142.